The van der Waals surface area contributed by atoms with Gasteiger partial charge in [0, 0.05) is 28.9 Å². The van der Waals surface area contributed by atoms with E-state index in [0.717, 1.165) is 11.3 Å². The molecule has 0 bridgehead atoms. The normalized spacial score (nSPS) is 11.9. The number of aromatic nitrogens is 2. The van der Waals surface area contributed by atoms with Crippen molar-refractivity contribution in [2.45, 2.75) is 26.4 Å². The van der Waals surface area contributed by atoms with E-state index in [-0.39, 0.29) is 17.7 Å². The third kappa shape index (κ3) is 5.45. The molecule has 150 valence electrons. The van der Waals surface area contributed by atoms with E-state index in [4.69, 9.17) is 11.6 Å². The largest absolute Gasteiger partial charge is 0.350 e. The molecular weight excluding hydrogens is 388 g/mol. The second-order valence-corrected chi connectivity index (χ2v) is 7.48. The highest BCUT2D eigenvalue weighted by Crippen LogP contribution is 2.11. The van der Waals surface area contributed by atoms with Crippen LogP contribution in [0.3, 0.4) is 0 Å². The molecule has 0 fully saturated rings. The molecule has 29 heavy (non-hydrogen) atoms. The van der Waals surface area contributed by atoms with Crippen molar-refractivity contribution in [2.75, 3.05) is 0 Å². The second-order valence-electron chi connectivity index (χ2n) is 7.05. The molecule has 2 aromatic carbocycles. The molecule has 0 unspecified atom stereocenters. The van der Waals surface area contributed by atoms with Gasteiger partial charge >= 0.3 is 0 Å². The van der Waals surface area contributed by atoms with Crippen LogP contribution in [0.25, 0.3) is 5.69 Å². The Kier molecular flexibility index (Phi) is 6.67. The number of rotatable bonds is 7. The first-order chi connectivity index (χ1) is 13.9. The van der Waals surface area contributed by atoms with Crippen molar-refractivity contribution in [1.29, 1.82) is 0 Å². The zero-order valence-electron chi connectivity index (χ0n) is 16.3. The van der Waals surface area contributed by atoms with Gasteiger partial charge in [-0.3, -0.25) is 9.59 Å². The molecule has 2 N–H and O–H groups in total. The van der Waals surface area contributed by atoms with Crippen molar-refractivity contribution >= 4 is 23.4 Å². The van der Waals surface area contributed by atoms with Gasteiger partial charge in [-0.1, -0.05) is 43.6 Å². The van der Waals surface area contributed by atoms with Gasteiger partial charge in [-0.2, -0.15) is 5.10 Å². The van der Waals surface area contributed by atoms with E-state index in [1.54, 1.807) is 35.1 Å². The maximum absolute atomic E-state index is 12.7. The Bertz CT molecular complexity index is 968. The fourth-order valence-corrected chi connectivity index (χ4v) is 2.96. The molecule has 2 amide bonds. The van der Waals surface area contributed by atoms with Crippen LogP contribution in [0.2, 0.25) is 5.02 Å². The van der Waals surface area contributed by atoms with Gasteiger partial charge < -0.3 is 10.6 Å². The minimum Gasteiger partial charge on any atom is -0.350 e. The molecule has 0 aliphatic rings. The summed E-state index contributed by atoms with van der Waals surface area (Å²) in [5, 5.41) is 10.6. The first kappa shape index (κ1) is 20.6. The van der Waals surface area contributed by atoms with Gasteiger partial charge in [-0.25, -0.2) is 4.68 Å². The number of amides is 2. The number of nitrogens with one attached hydrogen (secondary N) is 2. The highest BCUT2D eigenvalue weighted by Gasteiger charge is 2.24. The average Bonchev–Trinajstić information content (AvgIpc) is 3.20. The number of nitrogens with zero attached hydrogens (tertiary/aromatic N) is 2. The Morgan fingerprint density at radius 2 is 1.76 bits per heavy atom. The van der Waals surface area contributed by atoms with Gasteiger partial charge in [-0.05, 0) is 42.3 Å². The molecule has 1 heterocycles. The van der Waals surface area contributed by atoms with Crippen LogP contribution in [0.4, 0.5) is 0 Å². The fraction of sp³-hybridized carbons (Fsp3) is 0.227. The van der Waals surface area contributed by atoms with E-state index < -0.39 is 6.04 Å². The molecule has 1 atom stereocenters. The Balaban J connectivity index is 1.60. The van der Waals surface area contributed by atoms with Gasteiger partial charge in [0.1, 0.15) is 6.04 Å². The van der Waals surface area contributed by atoms with Gasteiger partial charge in [0.15, 0.2) is 0 Å². The van der Waals surface area contributed by atoms with E-state index >= 15 is 0 Å². The second kappa shape index (κ2) is 9.39. The molecule has 0 aliphatic heterocycles. The maximum Gasteiger partial charge on any atom is 0.251 e. The van der Waals surface area contributed by atoms with Crippen LogP contribution in [-0.2, 0) is 11.3 Å². The third-order valence-corrected chi connectivity index (χ3v) is 4.72. The highest BCUT2D eigenvalue weighted by molar-refractivity contribution is 6.30. The van der Waals surface area contributed by atoms with Crippen LogP contribution in [-0.4, -0.2) is 27.6 Å². The third-order valence-electron chi connectivity index (χ3n) is 4.47. The molecule has 0 saturated heterocycles. The van der Waals surface area contributed by atoms with E-state index in [1.807, 2.05) is 50.4 Å². The van der Waals surface area contributed by atoms with Crippen LogP contribution in [0, 0.1) is 5.92 Å². The van der Waals surface area contributed by atoms with E-state index in [2.05, 4.69) is 15.7 Å². The first-order valence-electron chi connectivity index (χ1n) is 9.37. The lowest BCUT2D eigenvalue weighted by molar-refractivity contribution is -0.124. The number of halogens is 1. The molecule has 3 aromatic rings. The number of hydrogen-bond donors (Lipinski definition) is 2. The SMILES string of the molecule is CC(C)[C@@H](NC(=O)c1ccc(Cl)cc1)C(=O)NCc1cnn(-c2ccccc2)c1. The molecular formula is C22H23ClN4O2. The van der Waals surface area contributed by atoms with Crippen molar-refractivity contribution in [3.05, 3.63) is 83.1 Å². The summed E-state index contributed by atoms with van der Waals surface area (Å²) in [7, 11) is 0. The average molecular weight is 411 g/mol. The molecule has 0 radical (unpaired) electrons. The zero-order valence-corrected chi connectivity index (χ0v) is 17.1. The maximum atomic E-state index is 12.7. The summed E-state index contributed by atoms with van der Waals surface area (Å²) in [5.41, 5.74) is 2.27. The summed E-state index contributed by atoms with van der Waals surface area (Å²) in [6, 6.07) is 15.6. The predicted octanol–water partition coefficient (Wildman–Crippen LogP) is 3.60. The van der Waals surface area contributed by atoms with Crippen LogP contribution in [0.5, 0.6) is 0 Å². The van der Waals surface area contributed by atoms with Crippen LogP contribution in [0.15, 0.2) is 67.0 Å². The molecule has 3 rings (SSSR count). The van der Waals surface area contributed by atoms with Crippen LogP contribution < -0.4 is 10.6 Å². The zero-order chi connectivity index (χ0) is 20.8. The van der Waals surface area contributed by atoms with Gasteiger partial charge in [0.2, 0.25) is 5.91 Å². The Morgan fingerprint density at radius 3 is 2.41 bits per heavy atom. The summed E-state index contributed by atoms with van der Waals surface area (Å²) in [5.74, 6) is -0.625. The quantitative estimate of drug-likeness (QED) is 0.624. The van der Waals surface area contributed by atoms with E-state index in [0.29, 0.717) is 17.1 Å². The molecule has 0 saturated carbocycles. The summed E-state index contributed by atoms with van der Waals surface area (Å²) < 4.78 is 1.75. The van der Waals surface area contributed by atoms with Crippen molar-refractivity contribution in [3.63, 3.8) is 0 Å². The van der Waals surface area contributed by atoms with E-state index in [9.17, 15) is 9.59 Å². The summed E-state index contributed by atoms with van der Waals surface area (Å²) in [6.45, 7) is 4.10. The lowest BCUT2D eigenvalue weighted by atomic mass is 10.0. The summed E-state index contributed by atoms with van der Waals surface area (Å²) >= 11 is 5.86. The summed E-state index contributed by atoms with van der Waals surface area (Å²) in [6.07, 6.45) is 3.58. The molecule has 0 spiro atoms. The molecule has 6 nitrogen and oxygen atoms in total. The summed E-state index contributed by atoms with van der Waals surface area (Å²) in [4.78, 5) is 25.1. The Labute approximate surface area is 174 Å². The van der Waals surface area contributed by atoms with Gasteiger partial charge in [-0.15, -0.1) is 0 Å². The minimum atomic E-state index is -0.651. The lowest BCUT2D eigenvalue weighted by Gasteiger charge is -2.21. The number of carbonyl (C=O) groups is 2. The van der Waals surface area contributed by atoms with Crippen molar-refractivity contribution in [2.24, 2.45) is 5.92 Å². The fourth-order valence-electron chi connectivity index (χ4n) is 2.83. The topological polar surface area (TPSA) is 76.0 Å². The number of carbonyl (C=O) groups excluding carboxylic acids is 2. The van der Waals surface area contributed by atoms with Crippen LogP contribution >= 0.6 is 11.6 Å². The number of para-hydroxylation sites is 1. The number of benzene rings is 2. The van der Waals surface area contributed by atoms with Crippen molar-refractivity contribution in [3.8, 4) is 5.69 Å². The Hall–Kier alpha value is -3.12. The monoisotopic (exact) mass is 410 g/mol. The molecule has 7 heteroatoms. The van der Waals surface area contributed by atoms with Crippen LogP contribution in [0.1, 0.15) is 29.8 Å². The first-order valence-corrected chi connectivity index (χ1v) is 9.75. The van der Waals surface area contributed by atoms with Gasteiger partial charge in [0.05, 0.1) is 11.9 Å². The molecule has 1 aromatic heterocycles. The van der Waals surface area contributed by atoms with Crippen molar-refractivity contribution < 1.29 is 9.59 Å². The number of hydrogen-bond acceptors (Lipinski definition) is 3. The Morgan fingerprint density at radius 1 is 1.07 bits per heavy atom. The smallest absolute Gasteiger partial charge is 0.251 e. The molecule has 0 aliphatic carbocycles. The van der Waals surface area contributed by atoms with E-state index in [1.165, 1.54) is 0 Å². The predicted molar refractivity (Wildman–Crippen MR) is 113 cm³/mol. The van der Waals surface area contributed by atoms with Crippen molar-refractivity contribution in [1.82, 2.24) is 20.4 Å². The standard InChI is InChI=1S/C22H23ClN4O2/c1-15(2)20(26-21(28)17-8-10-18(23)11-9-17)22(29)24-12-16-13-25-27(14-16)19-6-4-3-5-7-19/h3-11,13-15,20H,12H2,1-2H3,(H,24,29)(H,26,28)/t20-/m1/s1. The minimum absolute atomic E-state index is 0.0710. The lowest BCUT2D eigenvalue weighted by Crippen LogP contribution is -2.49. The van der Waals surface area contributed by atoms with Gasteiger partial charge in [0.25, 0.3) is 5.91 Å². The highest BCUT2D eigenvalue weighted by atomic mass is 35.5.